The van der Waals surface area contributed by atoms with Gasteiger partial charge in [-0.1, -0.05) is 33.3 Å². The second kappa shape index (κ2) is 5.90. The van der Waals surface area contributed by atoms with Crippen molar-refractivity contribution in [3.63, 3.8) is 0 Å². The van der Waals surface area contributed by atoms with Crippen LogP contribution in [0.1, 0.15) is 53.9 Å². The molecular weight excluding hydrogens is 256 g/mol. The molecule has 4 heteroatoms. The van der Waals surface area contributed by atoms with E-state index in [2.05, 4.69) is 0 Å². The van der Waals surface area contributed by atoms with Gasteiger partial charge in [0.2, 0.25) is 0 Å². The average molecular weight is 280 g/mol. The minimum atomic E-state index is -0.879. The number of hydrogen-bond donors (Lipinski definition) is 1. The predicted molar refractivity (Wildman–Crippen MR) is 76.3 cm³/mol. The van der Waals surface area contributed by atoms with Crippen molar-refractivity contribution < 1.29 is 19.5 Å². The Morgan fingerprint density at radius 1 is 1.20 bits per heavy atom. The second-order valence-electron chi connectivity index (χ2n) is 6.91. The van der Waals surface area contributed by atoms with E-state index >= 15 is 0 Å². The molecule has 0 aromatic carbocycles. The fourth-order valence-electron chi connectivity index (χ4n) is 2.78. The highest BCUT2D eigenvalue weighted by molar-refractivity contribution is 6.22. The summed E-state index contributed by atoms with van der Waals surface area (Å²) in [6.45, 7) is 9.20. The number of carbonyl (C=O) groups is 3. The van der Waals surface area contributed by atoms with Crippen LogP contribution in [0.5, 0.6) is 0 Å². The predicted octanol–water partition coefficient (Wildman–Crippen LogP) is 3.01. The van der Waals surface area contributed by atoms with Gasteiger partial charge < -0.3 is 5.11 Å². The third-order valence-electron chi connectivity index (χ3n) is 3.91. The van der Waals surface area contributed by atoms with Crippen molar-refractivity contribution in [3.05, 3.63) is 11.1 Å². The number of carboxylic acid groups (broad SMARTS) is 1. The Morgan fingerprint density at radius 3 is 2.00 bits per heavy atom. The molecule has 0 heterocycles. The Labute approximate surface area is 120 Å². The first-order valence-electron chi connectivity index (χ1n) is 7.04. The number of allylic oxidation sites excluding steroid dienone is 2. The summed E-state index contributed by atoms with van der Waals surface area (Å²) in [7, 11) is 0. The Bertz CT molecular complexity index is 447. The summed E-state index contributed by atoms with van der Waals surface area (Å²) < 4.78 is 0. The van der Waals surface area contributed by atoms with Crippen molar-refractivity contribution >= 4 is 17.5 Å². The first-order valence-corrected chi connectivity index (χ1v) is 7.04. The molecule has 0 aromatic heterocycles. The van der Waals surface area contributed by atoms with Crippen LogP contribution in [-0.4, -0.2) is 22.6 Å². The molecule has 0 aliphatic heterocycles. The van der Waals surface area contributed by atoms with E-state index in [1.807, 2.05) is 27.7 Å². The van der Waals surface area contributed by atoms with Crippen molar-refractivity contribution in [1.82, 2.24) is 0 Å². The molecule has 112 valence electrons. The van der Waals surface area contributed by atoms with Gasteiger partial charge in [-0.15, -0.1) is 0 Å². The van der Waals surface area contributed by atoms with Crippen molar-refractivity contribution in [3.8, 4) is 0 Å². The Kier molecular flexibility index (Phi) is 4.90. The van der Waals surface area contributed by atoms with Gasteiger partial charge in [0.1, 0.15) is 0 Å². The summed E-state index contributed by atoms with van der Waals surface area (Å²) in [6.07, 6.45) is 0.968. The van der Waals surface area contributed by atoms with E-state index in [4.69, 9.17) is 0 Å². The average Bonchev–Trinajstić information content (AvgIpc) is 2.21. The van der Waals surface area contributed by atoms with Crippen LogP contribution in [0.2, 0.25) is 0 Å². The van der Waals surface area contributed by atoms with E-state index in [1.165, 1.54) is 0 Å². The lowest BCUT2D eigenvalue weighted by atomic mass is 9.72. The normalized spacial score (nSPS) is 20.2. The number of carboxylic acids is 1. The zero-order chi connectivity index (χ0) is 15.7. The van der Waals surface area contributed by atoms with Crippen LogP contribution < -0.4 is 0 Å². The highest BCUT2D eigenvalue weighted by Crippen LogP contribution is 2.36. The van der Waals surface area contributed by atoms with Crippen LogP contribution in [-0.2, 0) is 14.4 Å². The smallest absolute Gasteiger partial charge is 0.307 e. The van der Waals surface area contributed by atoms with Crippen LogP contribution in [0.4, 0.5) is 0 Å². The summed E-state index contributed by atoms with van der Waals surface area (Å²) in [5.41, 5.74) is 0.579. The highest BCUT2D eigenvalue weighted by atomic mass is 16.4. The molecule has 1 saturated carbocycles. The quantitative estimate of drug-likeness (QED) is 0.634. The Balaban J connectivity index is 3.03. The lowest BCUT2D eigenvalue weighted by Crippen LogP contribution is -2.32. The van der Waals surface area contributed by atoms with Crippen molar-refractivity contribution in [1.29, 1.82) is 0 Å². The van der Waals surface area contributed by atoms with Crippen LogP contribution in [0.25, 0.3) is 0 Å². The van der Waals surface area contributed by atoms with Gasteiger partial charge in [-0.3, -0.25) is 14.4 Å². The lowest BCUT2D eigenvalue weighted by molar-refractivity contribution is -0.143. The van der Waals surface area contributed by atoms with E-state index < -0.39 is 11.9 Å². The highest BCUT2D eigenvalue weighted by Gasteiger charge is 2.37. The number of Topliss-reactive ketones (excluding diaryl/α,β-unsaturated/α-hetero) is 2. The molecule has 1 fully saturated rings. The number of ketones is 2. The molecule has 0 amide bonds. The first kappa shape index (κ1) is 16.6. The molecule has 0 saturated heterocycles. The number of rotatable bonds is 4. The summed E-state index contributed by atoms with van der Waals surface area (Å²) in [6, 6.07) is 0. The molecule has 1 N–H and O–H groups in total. The Hall–Kier alpha value is -1.45. The lowest BCUT2D eigenvalue weighted by Gasteiger charge is -2.30. The summed E-state index contributed by atoms with van der Waals surface area (Å²) in [4.78, 5) is 35.5. The third kappa shape index (κ3) is 3.78. The molecule has 1 atom stereocenters. The minimum absolute atomic E-state index is 0.0340. The molecular formula is C16H24O4. The van der Waals surface area contributed by atoms with Gasteiger partial charge in [-0.25, -0.2) is 0 Å². The molecule has 0 unspecified atom stereocenters. The Morgan fingerprint density at radius 2 is 1.65 bits per heavy atom. The largest absolute Gasteiger partial charge is 0.481 e. The van der Waals surface area contributed by atoms with Crippen molar-refractivity contribution in [2.24, 2.45) is 17.3 Å². The standard InChI is InChI=1S/C16H24O4/c1-9(2)11(15(19)20)6-10(3)14-12(17)7-16(4,5)8-13(14)18/h9,11H,6-8H2,1-5H3,(H,19,20)/t11-/m0/s1. The summed E-state index contributed by atoms with van der Waals surface area (Å²) in [5, 5.41) is 9.21. The van der Waals surface area contributed by atoms with Gasteiger partial charge in [-0.2, -0.15) is 0 Å². The van der Waals surface area contributed by atoms with Crippen LogP contribution in [0, 0.1) is 17.3 Å². The van der Waals surface area contributed by atoms with Gasteiger partial charge in [0.25, 0.3) is 0 Å². The van der Waals surface area contributed by atoms with Gasteiger partial charge in [0.15, 0.2) is 11.6 Å². The van der Waals surface area contributed by atoms with Crippen LogP contribution in [0.3, 0.4) is 0 Å². The van der Waals surface area contributed by atoms with E-state index in [9.17, 15) is 19.5 Å². The maximum absolute atomic E-state index is 12.2. The molecule has 0 spiro atoms. The van der Waals surface area contributed by atoms with Gasteiger partial charge in [0.05, 0.1) is 11.5 Å². The van der Waals surface area contributed by atoms with E-state index in [1.54, 1.807) is 6.92 Å². The summed E-state index contributed by atoms with van der Waals surface area (Å²) >= 11 is 0. The molecule has 1 aliphatic rings. The molecule has 20 heavy (non-hydrogen) atoms. The molecule has 1 rings (SSSR count). The summed E-state index contributed by atoms with van der Waals surface area (Å²) in [5.74, 6) is -1.75. The van der Waals surface area contributed by atoms with Gasteiger partial charge >= 0.3 is 5.97 Å². The van der Waals surface area contributed by atoms with Crippen molar-refractivity contribution in [2.45, 2.75) is 53.9 Å². The fourth-order valence-corrected chi connectivity index (χ4v) is 2.78. The monoisotopic (exact) mass is 280 g/mol. The molecule has 0 bridgehead atoms. The van der Waals surface area contributed by atoms with Gasteiger partial charge in [0, 0.05) is 12.8 Å². The fraction of sp³-hybridized carbons (Fsp3) is 0.688. The number of aliphatic carboxylic acids is 1. The SMILES string of the molecule is CC(C[C@H](C(=O)O)C(C)C)=C1C(=O)CC(C)(C)CC1=O. The topological polar surface area (TPSA) is 71.4 Å². The van der Waals surface area contributed by atoms with Crippen LogP contribution in [0.15, 0.2) is 11.1 Å². The zero-order valence-corrected chi connectivity index (χ0v) is 12.9. The number of carbonyl (C=O) groups excluding carboxylic acids is 2. The van der Waals surface area contributed by atoms with Crippen LogP contribution >= 0.6 is 0 Å². The maximum atomic E-state index is 12.2. The zero-order valence-electron chi connectivity index (χ0n) is 12.9. The van der Waals surface area contributed by atoms with E-state index in [-0.39, 0.29) is 34.9 Å². The molecule has 1 aliphatic carbocycles. The molecule has 0 radical (unpaired) electrons. The van der Waals surface area contributed by atoms with E-state index in [0.717, 1.165) is 0 Å². The van der Waals surface area contributed by atoms with Gasteiger partial charge in [-0.05, 0) is 24.7 Å². The third-order valence-corrected chi connectivity index (χ3v) is 3.91. The minimum Gasteiger partial charge on any atom is -0.481 e. The molecule has 0 aromatic rings. The first-order chi connectivity index (χ1) is 9.05. The maximum Gasteiger partial charge on any atom is 0.307 e. The van der Waals surface area contributed by atoms with E-state index in [0.29, 0.717) is 18.4 Å². The van der Waals surface area contributed by atoms with Crippen molar-refractivity contribution in [2.75, 3.05) is 0 Å². The second-order valence-corrected chi connectivity index (χ2v) is 6.91. The molecule has 4 nitrogen and oxygen atoms in total. The number of hydrogen-bond acceptors (Lipinski definition) is 3.